The van der Waals surface area contributed by atoms with E-state index in [4.69, 9.17) is 16.3 Å². The molecule has 22 heavy (non-hydrogen) atoms. The van der Waals surface area contributed by atoms with Crippen LogP contribution in [0.15, 0.2) is 30.6 Å². The average Bonchev–Trinajstić information content (AvgIpc) is 2.85. The van der Waals surface area contributed by atoms with Gasteiger partial charge in [0.05, 0.1) is 28.8 Å². The van der Waals surface area contributed by atoms with E-state index >= 15 is 0 Å². The second-order valence-corrected chi connectivity index (χ2v) is 4.71. The fraction of sp³-hybridized carbons (Fsp3) is 0.231. The molecule has 0 atom stereocenters. The molecule has 0 aliphatic carbocycles. The number of nitrogens with zero attached hydrogens (tertiary/aromatic N) is 3. The van der Waals surface area contributed by atoms with E-state index in [1.54, 1.807) is 13.0 Å². The van der Waals surface area contributed by atoms with Gasteiger partial charge >= 0.3 is 0 Å². The molecule has 0 unspecified atom stereocenters. The molecule has 1 amide bonds. The normalized spacial score (nSPS) is 10.3. The Morgan fingerprint density at radius 3 is 2.91 bits per heavy atom. The van der Waals surface area contributed by atoms with E-state index < -0.39 is 10.8 Å². The van der Waals surface area contributed by atoms with E-state index in [0.717, 1.165) is 0 Å². The van der Waals surface area contributed by atoms with Crippen LogP contribution in [0.4, 0.5) is 11.4 Å². The molecule has 1 aromatic heterocycles. The minimum atomic E-state index is -0.580. The minimum Gasteiger partial charge on any atom is -0.494 e. The number of nitro benzene ring substituents is 1. The summed E-state index contributed by atoms with van der Waals surface area (Å²) in [5.74, 6) is -0.0851. The van der Waals surface area contributed by atoms with Crippen LogP contribution in [0.3, 0.4) is 0 Å². The van der Waals surface area contributed by atoms with E-state index in [-0.39, 0.29) is 17.9 Å². The molecule has 0 spiro atoms. The van der Waals surface area contributed by atoms with Gasteiger partial charge in [0.1, 0.15) is 18.0 Å². The zero-order chi connectivity index (χ0) is 16.1. The van der Waals surface area contributed by atoms with Gasteiger partial charge in [-0.3, -0.25) is 19.6 Å². The van der Waals surface area contributed by atoms with Crippen molar-refractivity contribution in [2.75, 3.05) is 11.9 Å². The predicted molar refractivity (Wildman–Crippen MR) is 80.1 cm³/mol. The number of hydrogen-bond donors (Lipinski definition) is 1. The first-order valence-electron chi connectivity index (χ1n) is 6.38. The van der Waals surface area contributed by atoms with Crippen molar-refractivity contribution in [1.82, 2.24) is 9.78 Å². The Kier molecular flexibility index (Phi) is 4.95. The molecule has 0 bridgehead atoms. The van der Waals surface area contributed by atoms with Gasteiger partial charge in [0.2, 0.25) is 5.91 Å². The summed E-state index contributed by atoms with van der Waals surface area (Å²) in [5, 5.41) is 17.8. The van der Waals surface area contributed by atoms with Gasteiger partial charge in [-0.2, -0.15) is 5.10 Å². The maximum Gasteiger partial charge on any atom is 0.296 e. The molecular weight excluding hydrogens is 312 g/mol. The Labute approximate surface area is 130 Å². The molecule has 0 saturated carbocycles. The molecule has 2 rings (SSSR count). The number of carbonyl (C=O) groups is 1. The topological polar surface area (TPSA) is 99.3 Å². The number of hydrogen-bond acceptors (Lipinski definition) is 5. The van der Waals surface area contributed by atoms with Crippen molar-refractivity contribution < 1.29 is 14.5 Å². The van der Waals surface area contributed by atoms with E-state index in [1.807, 2.05) is 0 Å². The largest absolute Gasteiger partial charge is 0.494 e. The first-order valence-corrected chi connectivity index (χ1v) is 6.76. The summed E-state index contributed by atoms with van der Waals surface area (Å²) in [6, 6.07) is 4.25. The van der Waals surface area contributed by atoms with Crippen molar-refractivity contribution in [2.24, 2.45) is 0 Å². The van der Waals surface area contributed by atoms with Gasteiger partial charge in [0.25, 0.3) is 5.69 Å². The smallest absolute Gasteiger partial charge is 0.296 e. The van der Waals surface area contributed by atoms with Gasteiger partial charge in [-0.15, -0.1) is 0 Å². The number of ether oxygens (including phenoxy) is 1. The Balaban J connectivity index is 2.14. The van der Waals surface area contributed by atoms with E-state index in [2.05, 4.69) is 10.4 Å². The fourth-order valence-corrected chi connectivity index (χ4v) is 1.94. The van der Waals surface area contributed by atoms with Gasteiger partial charge in [0.15, 0.2) is 0 Å². The van der Waals surface area contributed by atoms with Gasteiger partial charge in [-0.25, -0.2) is 0 Å². The first-order chi connectivity index (χ1) is 10.5. The summed E-state index contributed by atoms with van der Waals surface area (Å²) in [4.78, 5) is 22.4. The zero-order valence-electron chi connectivity index (χ0n) is 11.7. The minimum absolute atomic E-state index is 0.0942. The third-order valence-corrected chi connectivity index (χ3v) is 2.85. The highest BCUT2D eigenvalue weighted by Crippen LogP contribution is 2.29. The highest BCUT2D eigenvalue weighted by atomic mass is 35.5. The molecule has 0 fully saturated rings. The molecular formula is C13H13ClN4O4. The zero-order valence-corrected chi connectivity index (χ0v) is 12.4. The lowest BCUT2D eigenvalue weighted by Gasteiger charge is -2.08. The second kappa shape index (κ2) is 6.90. The standard InChI is InChI=1S/C13H13ClN4O4/c1-2-22-10-3-4-11(12(5-10)18(20)21)16-13(19)8-17-7-9(14)6-15-17/h3-7H,2,8H2,1H3,(H,16,19). The Morgan fingerprint density at radius 1 is 1.55 bits per heavy atom. The van der Waals surface area contributed by atoms with Crippen molar-refractivity contribution in [3.63, 3.8) is 0 Å². The second-order valence-electron chi connectivity index (χ2n) is 4.27. The third kappa shape index (κ3) is 3.95. The molecule has 0 saturated heterocycles. The number of rotatable bonds is 6. The van der Waals surface area contributed by atoms with Crippen LogP contribution in [0.25, 0.3) is 0 Å². The van der Waals surface area contributed by atoms with Crippen LogP contribution in [-0.4, -0.2) is 27.2 Å². The maximum atomic E-state index is 11.9. The lowest BCUT2D eigenvalue weighted by molar-refractivity contribution is -0.384. The summed E-state index contributed by atoms with van der Waals surface area (Å²) in [6.45, 7) is 2.07. The summed E-state index contributed by atoms with van der Waals surface area (Å²) in [5.41, 5.74) is -0.144. The monoisotopic (exact) mass is 324 g/mol. The van der Waals surface area contributed by atoms with E-state index in [9.17, 15) is 14.9 Å². The molecule has 8 nitrogen and oxygen atoms in total. The molecule has 0 aliphatic rings. The number of nitrogens with one attached hydrogen (secondary N) is 1. The number of aromatic nitrogens is 2. The predicted octanol–water partition coefficient (Wildman–Crippen LogP) is 2.48. The maximum absolute atomic E-state index is 11.9. The van der Waals surface area contributed by atoms with Crippen LogP contribution in [0.2, 0.25) is 5.02 Å². The molecule has 1 heterocycles. The molecule has 1 aromatic carbocycles. The summed E-state index contributed by atoms with van der Waals surface area (Å²) in [6.07, 6.45) is 2.88. The number of halogens is 1. The number of carbonyl (C=O) groups excluding carboxylic acids is 1. The van der Waals surface area contributed by atoms with Crippen LogP contribution in [0.5, 0.6) is 5.75 Å². The highest BCUT2D eigenvalue weighted by Gasteiger charge is 2.17. The van der Waals surface area contributed by atoms with Gasteiger partial charge < -0.3 is 10.1 Å². The lowest BCUT2D eigenvalue weighted by Crippen LogP contribution is -2.19. The van der Waals surface area contributed by atoms with Crippen molar-refractivity contribution in [1.29, 1.82) is 0 Å². The van der Waals surface area contributed by atoms with Crippen LogP contribution < -0.4 is 10.1 Å². The highest BCUT2D eigenvalue weighted by molar-refractivity contribution is 6.30. The summed E-state index contributed by atoms with van der Waals surface area (Å²) in [7, 11) is 0. The SMILES string of the molecule is CCOc1ccc(NC(=O)Cn2cc(Cl)cn2)c([N+](=O)[O-])c1. The first kappa shape index (κ1) is 15.8. The van der Waals surface area contributed by atoms with Crippen molar-refractivity contribution >= 4 is 28.9 Å². The fourth-order valence-electron chi connectivity index (χ4n) is 1.79. The van der Waals surface area contributed by atoms with Gasteiger partial charge in [-0.1, -0.05) is 11.6 Å². The van der Waals surface area contributed by atoms with Crippen LogP contribution in [0.1, 0.15) is 6.92 Å². The molecule has 0 aliphatic heterocycles. The summed E-state index contributed by atoms with van der Waals surface area (Å²) < 4.78 is 6.54. The van der Waals surface area contributed by atoms with Crippen molar-refractivity contribution in [2.45, 2.75) is 13.5 Å². The third-order valence-electron chi connectivity index (χ3n) is 2.66. The quantitative estimate of drug-likeness (QED) is 0.650. The van der Waals surface area contributed by atoms with Crippen molar-refractivity contribution in [3.8, 4) is 5.75 Å². The number of nitro groups is 1. The summed E-state index contributed by atoms with van der Waals surface area (Å²) >= 11 is 5.70. The average molecular weight is 325 g/mol. The Morgan fingerprint density at radius 2 is 2.32 bits per heavy atom. The Bertz CT molecular complexity index is 701. The number of benzene rings is 1. The van der Waals surface area contributed by atoms with E-state index in [1.165, 1.54) is 29.2 Å². The molecule has 1 N–H and O–H groups in total. The molecule has 2 aromatic rings. The van der Waals surface area contributed by atoms with Gasteiger partial charge in [-0.05, 0) is 19.1 Å². The van der Waals surface area contributed by atoms with E-state index in [0.29, 0.717) is 17.4 Å². The van der Waals surface area contributed by atoms with Gasteiger partial charge in [0, 0.05) is 6.20 Å². The number of anilines is 1. The van der Waals surface area contributed by atoms with Crippen molar-refractivity contribution in [3.05, 3.63) is 45.7 Å². The molecule has 0 radical (unpaired) electrons. The van der Waals surface area contributed by atoms with Crippen LogP contribution >= 0.6 is 11.6 Å². The van der Waals surface area contributed by atoms with Crippen LogP contribution in [-0.2, 0) is 11.3 Å². The molecule has 116 valence electrons. The Hall–Kier alpha value is -2.61. The van der Waals surface area contributed by atoms with Crippen LogP contribution in [0, 0.1) is 10.1 Å². The molecule has 9 heteroatoms. The number of amides is 1. The lowest BCUT2D eigenvalue weighted by atomic mass is 10.2.